The summed E-state index contributed by atoms with van der Waals surface area (Å²) in [5, 5.41) is 1.22. The summed E-state index contributed by atoms with van der Waals surface area (Å²) in [6.07, 6.45) is 3.66. The summed E-state index contributed by atoms with van der Waals surface area (Å²) in [7, 11) is -1.36. The van der Waals surface area contributed by atoms with Gasteiger partial charge in [-0.2, -0.15) is 0 Å². The molecule has 2 aromatic rings. The van der Waals surface area contributed by atoms with E-state index in [1.807, 2.05) is 12.1 Å². The molecule has 0 bridgehead atoms. The topological polar surface area (TPSA) is 30.0 Å². The third-order valence-electron chi connectivity index (χ3n) is 5.17. The first-order valence-corrected chi connectivity index (χ1v) is 11.7. The van der Waals surface area contributed by atoms with Crippen molar-refractivity contribution in [1.29, 1.82) is 0 Å². The molecule has 1 aromatic carbocycles. The zero-order chi connectivity index (χ0) is 15.5. The van der Waals surface area contributed by atoms with Crippen LogP contribution in [-0.4, -0.2) is 18.8 Å². The van der Waals surface area contributed by atoms with Crippen molar-refractivity contribution in [2.45, 2.75) is 38.0 Å². The zero-order valence-electron chi connectivity index (χ0n) is 13.4. The average Bonchev–Trinajstić information content (AvgIpc) is 2.84. The number of nitrogens with zero attached hydrogens (tertiary/aromatic N) is 1. The van der Waals surface area contributed by atoms with Crippen LogP contribution in [0.3, 0.4) is 0 Å². The van der Waals surface area contributed by atoms with Crippen molar-refractivity contribution in [2.75, 3.05) is 0 Å². The predicted molar refractivity (Wildman–Crippen MR) is 93.5 cm³/mol. The molecule has 2 nitrogen and oxygen atoms in total. The van der Waals surface area contributed by atoms with Crippen LogP contribution < -0.4 is 0 Å². The zero-order valence-corrected chi connectivity index (χ0v) is 14.4. The molecule has 0 saturated carbocycles. The largest absolute Gasteiger partial charge is 0.295 e. The maximum absolute atomic E-state index is 11.9. The van der Waals surface area contributed by atoms with Gasteiger partial charge in [0.1, 0.15) is 0 Å². The fourth-order valence-electron chi connectivity index (χ4n) is 4.04. The summed E-state index contributed by atoms with van der Waals surface area (Å²) < 4.78 is 0. The maximum Gasteiger partial charge on any atom is 0.156 e. The number of para-hydroxylation sites is 1. The molecule has 0 saturated heterocycles. The fourth-order valence-corrected chi connectivity index (χ4v) is 6.18. The van der Waals surface area contributed by atoms with Crippen molar-refractivity contribution in [2.24, 2.45) is 5.92 Å². The number of benzene rings is 1. The number of carbonyl (C=O) groups is 1. The number of pyridine rings is 1. The fraction of sp³-hybridized carbons (Fsp3) is 0.368. The third kappa shape index (κ3) is 2.07. The van der Waals surface area contributed by atoms with Crippen LogP contribution in [0.1, 0.15) is 29.6 Å². The second-order valence-corrected chi connectivity index (χ2v) is 13.2. The molecule has 2 unspecified atom stereocenters. The highest BCUT2D eigenvalue weighted by Gasteiger charge is 2.41. The molecule has 1 aromatic heterocycles. The van der Waals surface area contributed by atoms with Crippen LogP contribution in [0.2, 0.25) is 19.6 Å². The molecule has 112 valence electrons. The smallest absolute Gasteiger partial charge is 0.156 e. The van der Waals surface area contributed by atoms with E-state index in [-0.39, 0.29) is 5.78 Å². The summed E-state index contributed by atoms with van der Waals surface area (Å²) in [5.41, 5.74) is 5.31. The Kier molecular flexibility index (Phi) is 2.92. The first kappa shape index (κ1) is 13.9. The minimum absolute atomic E-state index is 0.275. The number of fused-ring (bicyclic) bond motifs is 4. The van der Waals surface area contributed by atoms with Crippen molar-refractivity contribution in [3.63, 3.8) is 0 Å². The van der Waals surface area contributed by atoms with Gasteiger partial charge in [0.15, 0.2) is 5.78 Å². The Labute approximate surface area is 132 Å². The van der Waals surface area contributed by atoms with Crippen molar-refractivity contribution in [1.82, 2.24) is 4.98 Å². The SMILES string of the molecule is C[Si](C)(C)C1CC2CC(=O)C=C2c2nc3ccccc3cc21. The molecule has 0 fully saturated rings. The lowest BCUT2D eigenvalue weighted by Crippen LogP contribution is -2.35. The van der Waals surface area contributed by atoms with Gasteiger partial charge in [-0.3, -0.25) is 4.79 Å². The number of ketones is 1. The number of allylic oxidation sites excluding steroid dienone is 2. The van der Waals surface area contributed by atoms with Gasteiger partial charge in [0.05, 0.1) is 19.3 Å². The van der Waals surface area contributed by atoms with E-state index in [4.69, 9.17) is 4.98 Å². The molecule has 0 spiro atoms. The molecule has 3 heteroatoms. The van der Waals surface area contributed by atoms with Crippen LogP contribution in [0.25, 0.3) is 16.5 Å². The molecule has 0 radical (unpaired) electrons. The highest BCUT2D eigenvalue weighted by molar-refractivity contribution is 6.77. The number of rotatable bonds is 1. The molecule has 1 heterocycles. The van der Waals surface area contributed by atoms with Crippen LogP contribution in [0.5, 0.6) is 0 Å². The highest BCUT2D eigenvalue weighted by Crippen LogP contribution is 2.49. The lowest BCUT2D eigenvalue weighted by Gasteiger charge is -2.37. The quantitative estimate of drug-likeness (QED) is 0.722. The van der Waals surface area contributed by atoms with Gasteiger partial charge in [0, 0.05) is 11.8 Å². The van der Waals surface area contributed by atoms with Gasteiger partial charge < -0.3 is 0 Å². The average molecular weight is 307 g/mol. The Morgan fingerprint density at radius 2 is 1.95 bits per heavy atom. The summed E-state index contributed by atoms with van der Waals surface area (Å²) >= 11 is 0. The monoisotopic (exact) mass is 307 g/mol. The van der Waals surface area contributed by atoms with Crippen molar-refractivity contribution < 1.29 is 4.79 Å². The molecule has 2 atom stereocenters. The Balaban J connectivity index is 2.00. The normalized spacial score (nSPS) is 24.1. The van der Waals surface area contributed by atoms with Crippen molar-refractivity contribution in [3.8, 4) is 0 Å². The third-order valence-corrected chi connectivity index (χ3v) is 7.81. The summed E-state index contributed by atoms with van der Waals surface area (Å²) in [6.45, 7) is 7.30. The first-order chi connectivity index (χ1) is 10.4. The minimum atomic E-state index is -1.36. The van der Waals surface area contributed by atoms with E-state index in [0.29, 0.717) is 17.9 Å². The second-order valence-electron chi connectivity index (χ2n) is 7.74. The van der Waals surface area contributed by atoms with Gasteiger partial charge in [-0.15, -0.1) is 0 Å². The van der Waals surface area contributed by atoms with E-state index in [9.17, 15) is 4.79 Å². The van der Waals surface area contributed by atoms with Crippen LogP contribution in [0, 0.1) is 5.92 Å². The summed E-state index contributed by atoms with van der Waals surface area (Å²) in [5.74, 6) is 0.669. The van der Waals surface area contributed by atoms with Gasteiger partial charge in [-0.05, 0) is 47.2 Å². The van der Waals surface area contributed by atoms with Gasteiger partial charge in [0.2, 0.25) is 0 Å². The van der Waals surface area contributed by atoms with E-state index in [2.05, 4.69) is 43.9 Å². The molecule has 0 amide bonds. The first-order valence-electron chi connectivity index (χ1n) is 8.08. The molecular weight excluding hydrogens is 286 g/mol. The molecule has 2 aliphatic carbocycles. The Morgan fingerprint density at radius 1 is 1.18 bits per heavy atom. The molecular formula is C19H21NOSi. The lowest BCUT2D eigenvalue weighted by molar-refractivity contribution is -0.114. The Morgan fingerprint density at radius 3 is 2.73 bits per heavy atom. The molecule has 4 rings (SSSR count). The van der Waals surface area contributed by atoms with Crippen LogP contribution >= 0.6 is 0 Å². The molecule has 0 N–H and O–H groups in total. The number of carbonyl (C=O) groups excluding carboxylic acids is 1. The number of hydrogen-bond donors (Lipinski definition) is 0. The van der Waals surface area contributed by atoms with Crippen LogP contribution in [-0.2, 0) is 4.79 Å². The van der Waals surface area contributed by atoms with Gasteiger partial charge >= 0.3 is 0 Å². The lowest BCUT2D eigenvalue weighted by atomic mass is 9.83. The van der Waals surface area contributed by atoms with Gasteiger partial charge in [-0.25, -0.2) is 4.98 Å². The number of aromatic nitrogens is 1. The van der Waals surface area contributed by atoms with E-state index < -0.39 is 8.07 Å². The maximum atomic E-state index is 11.9. The van der Waals surface area contributed by atoms with Gasteiger partial charge in [-0.1, -0.05) is 37.8 Å². The summed E-state index contributed by atoms with van der Waals surface area (Å²) in [6, 6.07) is 10.7. The minimum Gasteiger partial charge on any atom is -0.295 e. The van der Waals surface area contributed by atoms with E-state index in [1.165, 1.54) is 16.5 Å². The predicted octanol–water partition coefficient (Wildman–Crippen LogP) is 4.57. The summed E-state index contributed by atoms with van der Waals surface area (Å²) in [4.78, 5) is 16.9. The van der Waals surface area contributed by atoms with Crippen molar-refractivity contribution >= 4 is 30.3 Å². The highest BCUT2D eigenvalue weighted by atomic mass is 28.3. The van der Waals surface area contributed by atoms with E-state index in [1.54, 1.807) is 0 Å². The molecule has 2 aliphatic rings. The standard InChI is InChI=1S/C19H21NOSi/c1-22(2,3)18-10-13-8-14(21)11-15(13)19-16(18)9-12-6-4-5-7-17(12)20-19/h4-7,9,11,13,18H,8,10H2,1-3H3. The van der Waals surface area contributed by atoms with E-state index >= 15 is 0 Å². The van der Waals surface area contributed by atoms with E-state index in [0.717, 1.165) is 17.6 Å². The molecule has 22 heavy (non-hydrogen) atoms. The number of hydrogen-bond acceptors (Lipinski definition) is 2. The van der Waals surface area contributed by atoms with Gasteiger partial charge in [0.25, 0.3) is 0 Å². The van der Waals surface area contributed by atoms with Crippen LogP contribution in [0.4, 0.5) is 0 Å². The Hall–Kier alpha value is -1.74. The Bertz CT molecular complexity index is 816. The van der Waals surface area contributed by atoms with Crippen LogP contribution in [0.15, 0.2) is 36.4 Å². The molecule has 0 aliphatic heterocycles. The van der Waals surface area contributed by atoms with Crippen molar-refractivity contribution in [3.05, 3.63) is 47.7 Å². The second kappa shape index (κ2) is 4.62.